The molecule has 2 aromatic rings. The minimum Gasteiger partial charge on any atom is -0.493 e. The first kappa shape index (κ1) is 23.2. The second-order valence-electron chi connectivity index (χ2n) is 7.96. The molecule has 0 saturated carbocycles. The van der Waals surface area contributed by atoms with Crippen LogP contribution in [0.3, 0.4) is 0 Å². The van der Waals surface area contributed by atoms with Gasteiger partial charge in [0, 0.05) is 41.5 Å². The number of hydrogen-bond acceptors (Lipinski definition) is 4. The number of carbonyl (C=O) groups is 1. The van der Waals surface area contributed by atoms with Gasteiger partial charge in [-0.1, -0.05) is 30.2 Å². The number of carbonyl (C=O) groups excluding carboxylic acids is 1. The number of ether oxygens (including phenoxy) is 2. The van der Waals surface area contributed by atoms with E-state index in [1.807, 2.05) is 12.1 Å². The van der Waals surface area contributed by atoms with Crippen molar-refractivity contribution in [1.29, 1.82) is 0 Å². The zero-order valence-corrected chi connectivity index (χ0v) is 19.2. The molecule has 1 N–H and O–H groups in total. The van der Waals surface area contributed by atoms with Gasteiger partial charge in [0.2, 0.25) is 5.91 Å². The van der Waals surface area contributed by atoms with E-state index in [0.29, 0.717) is 40.9 Å². The number of amides is 1. The zero-order valence-electron chi connectivity index (χ0n) is 18.4. The Balaban J connectivity index is 1.59. The number of benzene rings is 2. The molecule has 2 aromatic carbocycles. The number of piperidine rings is 1. The monoisotopic (exact) mass is 442 g/mol. The summed E-state index contributed by atoms with van der Waals surface area (Å²) in [4.78, 5) is 14.8. The van der Waals surface area contributed by atoms with Crippen molar-refractivity contribution in [3.63, 3.8) is 0 Å². The summed E-state index contributed by atoms with van der Waals surface area (Å²) in [6.07, 6.45) is 6.97. The molecule has 166 valence electrons. The number of nitrogens with one attached hydrogen (secondary N) is 1. The van der Waals surface area contributed by atoms with Crippen LogP contribution in [0.4, 0.5) is 5.69 Å². The van der Waals surface area contributed by atoms with Crippen molar-refractivity contribution in [2.75, 3.05) is 25.6 Å². The molecule has 1 saturated heterocycles. The Hall–Kier alpha value is -2.50. The SMILES string of the molecule is COc1ccc(NC(=O)C=Cc2cccc(Cl)c2)cc1OCCN1[C@H](C)CCC[C@@H]1C. The second kappa shape index (κ2) is 11.2. The van der Waals surface area contributed by atoms with Gasteiger partial charge in [0.05, 0.1) is 7.11 Å². The van der Waals surface area contributed by atoms with Gasteiger partial charge in [-0.25, -0.2) is 0 Å². The molecule has 0 aromatic heterocycles. The Morgan fingerprint density at radius 1 is 1.16 bits per heavy atom. The first-order valence-electron chi connectivity index (χ1n) is 10.8. The largest absolute Gasteiger partial charge is 0.493 e. The van der Waals surface area contributed by atoms with Gasteiger partial charge in [-0.05, 0) is 62.6 Å². The van der Waals surface area contributed by atoms with E-state index >= 15 is 0 Å². The lowest BCUT2D eigenvalue weighted by atomic mass is 9.98. The van der Waals surface area contributed by atoms with E-state index < -0.39 is 0 Å². The topological polar surface area (TPSA) is 50.8 Å². The van der Waals surface area contributed by atoms with Crippen LogP contribution < -0.4 is 14.8 Å². The van der Waals surface area contributed by atoms with Gasteiger partial charge in [0.25, 0.3) is 0 Å². The fourth-order valence-corrected chi connectivity index (χ4v) is 4.21. The molecule has 0 spiro atoms. The van der Waals surface area contributed by atoms with Crippen molar-refractivity contribution in [1.82, 2.24) is 4.90 Å². The Morgan fingerprint density at radius 2 is 1.94 bits per heavy atom. The fourth-order valence-electron chi connectivity index (χ4n) is 4.01. The van der Waals surface area contributed by atoms with Crippen LogP contribution in [0.25, 0.3) is 6.08 Å². The number of hydrogen-bond donors (Lipinski definition) is 1. The molecule has 6 heteroatoms. The van der Waals surface area contributed by atoms with Crippen LogP contribution in [0.1, 0.15) is 38.7 Å². The predicted molar refractivity (Wildman–Crippen MR) is 127 cm³/mol. The van der Waals surface area contributed by atoms with Crippen molar-refractivity contribution >= 4 is 29.3 Å². The van der Waals surface area contributed by atoms with Crippen molar-refractivity contribution in [2.24, 2.45) is 0 Å². The molecule has 0 radical (unpaired) electrons. The van der Waals surface area contributed by atoms with Crippen LogP contribution in [0.15, 0.2) is 48.5 Å². The highest BCUT2D eigenvalue weighted by molar-refractivity contribution is 6.30. The highest BCUT2D eigenvalue weighted by Gasteiger charge is 2.24. The van der Waals surface area contributed by atoms with Gasteiger partial charge in [0.15, 0.2) is 11.5 Å². The lowest BCUT2D eigenvalue weighted by molar-refractivity contribution is -0.111. The van der Waals surface area contributed by atoms with Crippen LogP contribution >= 0.6 is 11.6 Å². The Morgan fingerprint density at radius 3 is 2.65 bits per heavy atom. The zero-order chi connectivity index (χ0) is 22.2. The molecule has 31 heavy (non-hydrogen) atoms. The molecular formula is C25H31ClN2O3. The number of rotatable bonds is 8. The number of anilines is 1. The molecule has 1 amide bonds. The lowest BCUT2D eigenvalue weighted by Gasteiger charge is -2.38. The van der Waals surface area contributed by atoms with Crippen LogP contribution in [0, 0.1) is 0 Å². The average molecular weight is 443 g/mol. The van der Waals surface area contributed by atoms with Gasteiger partial charge in [-0.2, -0.15) is 0 Å². The molecule has 1 aliphatic rings. The van der Waals surface area contributed by atoms with E-state index in [4.69, 9.17) is 21.1 Å². The summed E-state index contributed by atoms with van der Waals surface area (Å²) in [6.45, 7) is 5.99. The maximum absolute atomic E-state index is 12.3. The van der Waals surface area contributed by atoms with Crippen molar-refractivity contribution in [3.05, 3.63) is 59.1 Å². The minimum absolute atomic E-state index is 0.230. The van der Waals surface area contributed by atoms with E-state index in [-0.39, 0.29) is 5.91 Å². The summed E-state index contributed by atoms with van der Waals surface area (Å²) in [5.74, 6) is 1.04. The van der Waals surface area contributed by atoms with Crippen LogP contribution in [-0.2, 0) is 4.79 Å². The Labute approximate surface area is 190 Å². The van der Waals surface area contributed by atoms with E-state index in [0.717, 1.165) is 12.1 Å². The van der Waals surface area contributed by atoms with E-state index in [1.54, 1.807) is 43.5 Å². The Kier molecular flexibility index (Phi) is 8.38. The Bertz CT molecular complexity index is 905. The molecule has 0 bridgehead atoms. The highest BCUT2D eigenvalue weighted by Crippen LogP contribution is 2.30. The normalized spacial score (nSPS) is 19.4. The number of likely N-dealkylation sites (tertiary alicyclic amines) is 1. The molecule has 2 atom stereocenters. The summed E-state index contributed by atoms with van der Waals surface area (Å²) >= 11 is 5.98. The molecule has 1 fully saturated rings. The quantitative estimate of drug-likeness (QED) is 0.537. The summed E-state index contributed by atoms with van der Waals surface area (Å²) in [7, 11) is 1.61. The predicted octanol–water partition coefficient (Wildman–Crippen LogP) is 5.64. The van der Waals surface area contributed by atoms with Crippen LogP contribution in [0.2, 0.25) is 5.02 Å². The summed E-state index contributed by atoms with van der Waals surface area (Å²) < 4.78 is 11.5. The van der Waals surface area contributed by atoms with Gasteiger partial charge < -0.3 is 14.8 Å². The molecular weight excluding hydrogens is 412 g/mol. The molecule has 1 heterocycles. The van der Waals surface area contributed by atoms with Crippen molar-refractivity contribution < 1.29 is 14.3 Å². The van der Waals surface area contributed by atoms with Crippen LogP contribution in [-0.4, -0.2) is 43.2 Å². The lowest BCUT2D eigenvalue weighted by Crippen LogP contribution is -2.45. The van der Waals surface area contributed by atoms with Gasteiger partial charge in [-0.15, -0.1) is 0 Å². The van der Waals surface area contributed by atoms with Crippen molar-refractivity contribution in [3.8, 4) is 11.5 Å². The fraction of sp³-hybridized carbons (Fsp3) is 0.400. The van der Waals surface area contributed by atoms with E-state index in [2.05, 4.69) is 24.1 Å². The maximum Gasteiger partial charge on any atom is 0.248 e. The number of halogens is 1. The summed E-state index contributed by atoms with van der Waals surface area (Å²) in [5.41, 5.74) is 1.51. The third-order valence-corrected chi connectivity index (χ3v) is 5.93. The van der Waals surface area contributed by atoms with Crippen molar-refractivity contribution in [2.45, 2.75) is 45.2 Å². The van der Waals surface area contributed by atoms with Gasteiger partial charge in [-0.3, -0.25) is 9.69 Å². The second-order valence-corrected chi connectivity index (χ2v) is 8.39. The standard InChI is InChI=1S/C25H31ClN2O3/c1-18-6-4-7-19(2)28(18)14-15-31-24-17-22(11-12-23(24)30-3)27-25(29)13-10-20-8-5-9-21(26)16-20/h5,8-13,16-19H,4,6-7,14-15H2,1-3H3,(H,27,29)/t18-,19+. The third-order valence-electron chi connectivity index (χ3n) is 5.69. The molecule has 3 rings (SSSR count). The average Bonchev–Trinajstić information content (AvgIpc) is 2.75. The minimum atomic E-state index is -0.230. The van der Waals surface area contributed by atoms with Gasteiger partial charge >= 0.3 is 0 Å². The maximum atomic E-state index is 12.3. The van der Waals surface area contributed by atoms with Crippen LogP contribution in [0.5, 0.6) is 11.5 Å². The smallest absolute Gasteiger partial charge is 0.248 e. The van der Waals surface area contributed by atoms with E-state index in [9.17, 15) is 4.79 Å². The molecule has 0 aliphatic carbocycles. The molecule has 1 aliphatic heterocycles. The molecule has 5 nitrogen and oxygen atoms in total. The summed E-state index contributed by atoms with van der Waals surface area (Å²) in [6, 6.07) is 13.9. The molecule has 0 unspecified atom stereocenters. The third kappa shape index (κ3) is 6.74. The first-order chi connectivity index (χ1) is 15.0. The van der Waals surface area contributed by atoms with E-state index in [1.165, 1.54) is 25.3 Å². The first-order valence-corrected chi connectivity index (χ1v) is 11.2. The summed E-state index contributed by atoms with van der Waals surface area (Å²) in [5, 5.41) is 3.50. The highest BCUT2D eigenvalue weighted by atomic mass is 35.5. The number of nitrogens with zero attached hydrogens (tertiary/aromatic N) is 1. The number of methoxy groups -OCH3 is 1. The van der Waals surface area contributed by atoms with Gasteiger partial charge in [0.1, 0.15) is 6.61 Å².